The van der Waals surface area contributed by atoms with Gasteiger partial charge in [-0.15, -0.1) is 11.3 Å². The minimum atomic E-state index is -0.644. The SMILES string of the molecule is COCCN(CC(=O)N1CCc2sccc2[C@@H]1COc1cccc(F)c1)C(=O)c1ccccc1F. The molecule has 0 saturated carbocycles. The highest BCUT2D eigenvalue weighted by Crippen LogP contribution is 2.34. The van der Waals surface area contributed by atoms with Gasteiger partial charge in [-0.1, -0.05) is 18.2 Å². The molecule has 184 valence electrons. The van der Waals surface area contributed by atoms with Crippen LogP contribution in [0.5, 0.6) is 5.75 Å². The summed E-state index contributed by atoms with van der Waals surface area (Å²) in [5.74, 6) is -1.54. The van der Waals surface area contributed by atoms with Gasteiger partial charge >= 0.3 is 0 Å². The van der Waals surface area contributed by atoms with Crippen LogP contribution in [0.25, 0.3) is 0 Å². The molecule has 9 heteroatoms. The smallest absolute Gasteiger partial charge is 0.257 e. The van der Waals surface area contributed by atoms with Crippen LogP contribution in [-0.2, 0) is 16.0 Å². The van der Waals surface area contributed by atoms with Gasteiger partial charge in [-0.25, -0.2) is 8.78 Å². The predicted octanol–water partition coefficient (Wildman–Crippen LogP) is 4.32. The number of methoxy groups -OCH3 is 1. The molecule has 2 aromatic carbocycles. The number of nitrogens with zero attached hydrogens (tertiary/aromatic N) is 2. The lowest BCUT2D eigenvalue weighted by Gasteiger charge is -2.37. The van der Waals surface area contributed by atoms with Gasteiger partial charge in [0.15, 0.2) is 0 Å². The van der Waals surface area contributed by atoms with E-state index in [0.717, 1.165) is 5.56 Å². The monoisotopic (exact) mass is 500 g/mol. The summed E-state index contributed by atoms with van der Waals surface area (Å²) in [6.45, 7) is 0.700. The van der Waals surface area contributed by atoms with Gasteiger partial charge in [0.2, 0.25) is 5.91 Å². The zero-order chi connectivity index (χ0) is 24.8. The third kappa shape index (κ3) is 5.86. The Bertz CT molecular complexity index is 1190. The molecule has 35 heavy (non-hydrogen) atoms. The van der Waals surface area contributed by atoms with Crippen LogP contribution in [0.2, 0.25) is 0 Å². The number of hydrogen-bond donors (Lipinski definition) is 0. The zero-order valence-corrected chi connectivity index (χ0v) is 20.1. The Kier molecular flexibility index (Phi) is 8.09. The van der Waals surface area contributed by atoms with Gasteiger partial charge in [-0.3, -0.25) is 9.59 Å². The highest BCUT2D eigenvalue weighted by Gasteiger charge is 2.34. The summed E-state index contributed by atoms with van der Waals surface area (Å²) in [7, 11) is 1.50. The third-order valence-corrected chi connectivity index (χ3v) is 6.90. The maximum atomic E-state index is 14.3. The van der Waals surface area contributed by atoms with Crippen molar-refractivity contribution in [1.82, 2.24) is 9.80 Å². The van der Waals surface area contributed by atoms with E-state index in [-0.39, 0.29) is 37.8 Å². The van der Waals surface area contributed by atoms with Crippen molar-refractivity contribution in [3.8, 4) is 5.75 Å². The number of carbonyl (C=O) groups excluding carboxylic acids is 2. The van der Waals surface area contributed by atoms with E-state index in [1.54, 1.807) is 34.4 Å². The number of thiophene rings is 1. The van der Waals surface area contributed by atoms with Gasteiger partial charge in [-0.2, -0.15) is 0 Å². The van der Waals surface area contributed by atoms with E-state index in [1.165, 1.54) is 47.2 Å². The fourth-order valence-electron chi connectivity index (χ4n) is 4.12. The average molecular weight is 501 g/mol. The number of carbonyl (C=O) groups is 2. The Morgan fingerprint density at radius 1 is 1.14 bits per heavy atom. The molecule has 0 spiro atoms. The van der Waals surface area contributed by atoms with Crippen molar-refractivity contribution >= 4 is 23.2 Å². The Balaban J connectivity index is 1.53. The first-order chi connectivity index (χ1) is 17.0. The summed E-state index contributed by atoms with van der Waals surface area (Å²) < 4.78 is 38.8. The molecule has 1 aromatic heterocycles. The van der Waals surface area contributed by atoms with Crippen LogP contribution < -0.4 is 4.74 Å². The number of fused-ring (bicyclic) bond motifs is 1. The number of halogens is 2. The topological polar surface area (TPSA) is 59.1 Å². The first kappa shape index (κ1) is 24.8. The van der Waals surface area contributed by atoms with Crippen LogP contribution in [0, 0.1) is 11.6 Å². The molecule has 0 N–H and O–H groups in total. The normalized spacial score (nSPS) is 14.9. The molecule has 2 amide bonds. The Morgan fingerprint density at radius 2 is 1.97 bits per heavy atom. The van der Waals surface area contributed by atoms with E-state index >= 15 is 0 Å². The van der Waals surface area contributed by atoms with E-state index in [2.05, 4.69) is 0 Å². The molecule has 0 fully saturated rings. The second-order valence-electron chi connectivity index (χ2n) is 8.12. The molecule has 4 rings (SSSR count). The molecule has 0 bridgehead atoms. The van der Waals surface area contributed by atoms with Crippen molar-refractivity contribution in [3.63, 3.8) is 0 Å². The number of amides is 2. The molecule has 2 heterocycles. The van der Waals surface area contributed by atoms with Crippen LogP contribution in [0.4, 0.5) is 8.78 Å². The molecule has 1 aliphatic heterocycles. The lowest BCUT2D eigenvalue weighted by Crippen LogP contribution is -2.48. The van der Waals surface area contributed by atoms with E-state index in [1.807, 2.05) is 11.4 Å². The first-order valence-corrected chi connectivity index (χ1v) is 12.1. The molecule has 0 saturated heterocycles. The number of hydrogen-bond acceptors (Lipinski definition) is 5. The first-order valence-electron chi connectivity index (χ1n) is 11.2. The van der Waals surface area contributed by atoms with E-state index < -0.39 is 23.6 Å². The predicted molar refractivity (Wildman–Crippen MR) is 129 cm³/mol. The van der Waals surface area contributed by atoms with Crippen molar-refractivity contribution < 1.29 is 27.8 Å². The molecule has 0 unspecified atom stereocenters. The lowest BCUT2D eigenvalue weighted by molar-refractivity contribution is -0.135. The summed E-state index contributed by atoms with van der Waals surface area (Å²) in [5, 5.41) is 1.97. The second-order valence-corrected chi connectivity index (χ2v) is 9.12. The molecule has 3 aromatic rings. The summed E-state index contributed by atoms with van der Waals surface area (Å²) >= 11 is 1.62. The minimum absolute atomic E-state index is 0.0962. The third-order valence-electron chi connectivity index (χ3n) is 5.90. The van der Waals surface area contributed by atoms with Gasteiger partial charge in [0.1, 0.15) is 30.5 Å². The Labute approximate surface area is 206 Å². The van der Waals surface area contributed by atoms with E-state index in [0.29, 0.717) is 18.7 Å². The molecule has 1 atom stereocenters. The minimum Gasteiger partial charge on any atom is -0.491 e. The molecule has 0 radical (unpaired) electrons. The van der Waals surface area contributed by atoms with E-state index in [4.69, 9.17) is 9.47 Å². The summed E-state index contributed by atoms with van der Waals surface area (Å²) in [5.41, 5.74) is 0.885. The Morgan fingerprint density at radius 3 is 2.74 bits per heavy atom. The standard InChI is InChI=1S/C26H26F2N2O4S/c1-33-13-12-29(26(32)20-7-2-3-8-22(20)28)16-25(31)30-11-9-24-21(10-14-35-24)23(30)17-34-19-6-4-5-18(27)15-19/h2-8,10,14-15,23H,9,11-13,16-17H2,1H3/t23-/m0/s1. The van der Waals surface area contributed by atoms with Crippen LogP contribution in [0.1, 0.15) is 26.8 Å². The fraction of sp³-hybridized carbons (Fsp3) is 0.308. The van der Waals surface area contributed by atoms with Crippen LogP contribution in [0.3, 0.4) is 0 Å². The largest absolute Gasteiger partial charge is 0.491 e. The second kappa shape index (κ2) is 11.4. The fourth-order valence-corrected chi connectivity index (χ4v) is 5.05. The van der Waals surface area contributed by atoms with Crippen LogP contribution >= 0.6 is 11.3 Å². The summed E-state index contributed by atoms with van der Waals surface area (Å²) in [4.78, 5) is 30.7. The summed E-state index contributed by atoms with van der Waals surface area (Å²) in [6.07, 6.45) is 0.689. The highest BCUT2D eigenvalue weighted by molar-refractivity contribution is 7.10. The van der Waals surface area contributed by atoms with Gasteiger partial charge in [0, 0.05) is 31.1 Å². The number of rotatable bonds is 9. The van der Waals surface area contributed by atoms with E-state index in [9.17, 15) is 18.4 Å². The van der Waals surface area contributed by atoms with Crippen LogP contribution in [-0.4, -0.2) is 61.6 Å². The van der Waals surface area contributed by atoms with Gasteiger partial charge in [0.05, 0.1) is 18.2 Å². The van der Waals surface area contributed by atoms with Crippen molar-refractivity contribution in [1.29, 1.82) is 0 Å². The van der Waals surface area contributed by atoms with Crippen molar-refractivity contribution in [2.45, 2.75) is 12.5 Å². The molecule has 6 nitrogen and oxygen atoms in total. The van der Waals surface area contributed by atoms with Gasteiger partial charge < -0.3 is 19.3 Å². The number of ether oxygens (including phenoxy) is 2. The summed E-state index contributed by atoms with van der Waals surface area (Å²) in [6, 6.07) is 13.1. The van der Waals surface area contributed by atoms with Crippen molar-refractivity contribution in [3.05, 3.63) is 87.6 Å². The van der Waals surface area contributed by atoms with Gasteiger partial charge in [-0.05, 0) is 47.7 Å². The highest BCUT2D eigenvalue weighted by atomic mass is 32.1. The molecular weight excluding hydrogens is 474 g/mol. The maximum absolute atomic E-state index is 14.3. The lowest BCUT2D eigenvalue weighted by atomic mass is 10.0. The average Bonchev–Trinajstić information content (AvgIpc) is 3.34. The quantitative estimate of drug-likeness (QED) is 0.439. The van der Waals surface area contributed by atoms with Gasteiger partial charge in [0.25, 0.3) is 5.91 Å². The molecule has 1 aliphatic rings. The number of benzene rings is 2. The molecular formula is C26H26F2N2O4S. The zero-order valence-electron chi connectivity index (χ0n) is 19.3. The maximum Gasteiger partial charge on any atom is 0.257 e. The van der Waals surface area contributed by atoms with Crippen molar-refractivity contribution in [2.75, 3.05) is 40.0 Å². The molecule has 0 aliphatic carbocycles. The van der Waals surface area contributed by atoms with Crippen molar-refractivity contribution in [2.24, 2.45) is 0 Å². The Hall–Kier alpha value is -3.30. The van der Waals surface area contributed by atoms with Crippen LogP contribution in [0.15, 0.2) is 60.0 Å².